The van der Waals surface area contributed by atoms with Gasteiger partial charge in [0.05, 0.1) is 0 Å². The fourth-order valence-corrected chi connectivity index (χ4v) is 2.28. The van der Waals surface area contributed by atoms with Crippen molar-refractivity contribution in [2.75, 3.05) is 5.32 Å². The largest absolute Gasteiger partial charge is 0.444 e. The molecule has 90 valence electrons. The molecule has 0 radical (unpaired) electrons. The molecule has 4 heteroatoms. The number of carbonyl (C=O) groups excluding carboxylic acids is 1. The van der Waals surface area contributed by atoms with Gasteiger partial charge in [-0.2, -0.15) is 0 Å². The quantitative estimate of drug-likeness (QED) is 0.820. The van der Waals surface area contributed by atoms with Crippen molar-refractivity contribution in [1.29, 1.82) is 0 Å². The van der Waals surface area contributed by atoms with Crippen molar-refractivity contribution >= 4 is 33.2 Å². The summed E-state index contributed by atoms with van der Waals surface area (Å²) >= 11 is 1.65. The maximum Gasteiger partial charge on any atom is 0.412 e. The molecule has 0 saturated carbocycles. The van der Waals surface area contributed by atoms with E-state index in [1.807, 2.05) is 44.4 Å². The van der Waals surface area contributed by atoms with Crippen LogP contribution in [-0.2, 0) is 4.74 Å². The number of fused-ring (bicyclic) bond motifs is 1. The fraction of sp³-hybridized carbons (Fsp3) is 0.308. The van der Waals surface area contributed by atoms with E-state index in [4.69, 9.17) is 4.74 Å². The predicted molar refractivity (Wildman–Crippen MR) is 71.7 cm³/mol. The molecule has 0 aliphatic rings. The predicted octanol–water partition coefficient (Wildman–Crippen LogP) is 4.25. The number of ether oxygens (including phenoxy) is 1. The number of rotatable bonds is 1. The van der Waals surface area contributed by atoms with Crippen molar-refractivity contribution in [2.45, 2.75) is 26.4 Å². The molecule has 17 heavy (non-hydrogen) atoms. The Bertz CT molecular complexity index is 540. The van der Waals surface area contributed by atoms with Gasteiger partial charge in [0, 0.05) is 10.4 Å². The van der Waals surface area contributed by atoms with E-state index in [0.717, 1.165) is 10.4 Å². The molecule has 0 bridgehead atoms. The molecule has 2 rings (SSSR count). The highest BCUT2D eigenvalue weighted by molar-refractivity contribution is 7.17. The first-order valence-corrected chi connectivity index (χ1v) is 6.29. The van der Waals surface area contributed by atoms with Gasteiger partial charge in [-0.1, -0.05) is 6.07 Å². The topological polar surface area (TPSA) is 38.3 Å². The van der Waals surface area contributed by atoms with Gasteiger partial charge < -0.3 is 4.74 Å². The highest BCUT2D eigenvalue weighted by Crippen LogP contribution is 2.24. The van der Waals surface area contributed by atoms with Gasteiger partial charge in [-0.15, -0.1) is 11.3 Å². The van der Waals surface area contributed by atoms with Crippen molar-refractivity contribution in [2.24, 2.45) is 0 Å². The summed E-state index contributed by atoms with van der Waals surface area (Å²) in [6.07, 6.45) is -0.423. The molecule has 0 fully saturated rings. The number of benzene rings is 1. The van der Waals surface area contributed by atoms with Gasteiger partial charge in [0.1, 0.15) is 5.60 Å². The zero-order valence-electron chi connectivity index (χ0n) is 10.1. The second kappa shape index (κ2) is 4.37. The molecule has 0 saturated heterocycles. The Morgan fingerprint density at radius 3 is 2.76 bits per heavy atom. The summed E-state index contributed by atoms with van der Waals surface area (Å²) in [5, 5.41) is 5.94. The van der Waals surface area contributed by atoms with Gasteiger partial charge in [0.15, 0.2) is 0 Å². The van der Waals surface area contributed by atoms with Crippen LogP contribution in [0.5, 0.6) is 0 Å². The van der Waals surface area contributed by atoms with Crippen LogP contribution < -0.4 is 5.32 Å². The second-order valence-electron chi connectivity index (χ2n) is 4.80. The monoisotopic (exact) mass is 249 g/mol. The minimum atomic E-state index is -0.475. The van der Waals surface area contributed by atoms with E-state index in [1.165, 1.54) is 5.39 Å². The number of amides is 1. The molecule has 1 N–H and O–H groups in total. The van der Waals surface area contributed by atoms with Crippen molar-refractivity contribution < 1.29 is 9.53 Å². The molecule has 1 aromatic heterocycles. The third-order valence-electron chi connectivity index (χ3n) is 2.10. The first kappa shape index (κ1) is 11.9. The van der Waals surface area contributed by atoms with Crippen LogP contribution in [0.1, 0.15) is 20.8 Å². The molecule has 1 heterocycles. The Balaban J connectivity index is 2.10. The Labute approximate surface area is 104 Å². The summed E-state index contributed by atoms with van der Waals surface area (Å²) in [6, 6.07) is 7.86. The van der Waals surface area contributed by atoms with Crippen LogP contribution in [0.2, 0.25) is 0 Å². The summed E-state index contributed by atoms with van der Waals surface area (Å²) in [4.78, 5) is 11.6. The van der Waals surface area contributed by atoms with Crippen LogP contribution in [-0.4, -0.2) is 11.7 Å². The van der Waals surface area contributed by atoms with Gasteiger partial charge in [0.2, 0.25) is 0 Å². The zero-order valence-corrected chi connectivity index (χ0v) is 10.9. The Kier molecular flexibility index (Phi) is 3.07. The van der Waals surface area contributed by atoms with Crippen molar-refractivity contribution in [3.8, 4) is 0 Å². The maximum atomic E-state index is 11.6. The Morgan fingerprint density at radius 1 is 1.29 bits per heavy atom. The zero-order chi connectivity index (χ0) is 12.5. The molecule has 0 atom stereocenters. The van der Waals surface area contributed by atoms with Crippen molar-refractivity contribution in [3.63, 3.8) is 0 Å². The highest BCUT2D eigenvalue weighted by atomic mass is 32.1. The lowest BCUT2D eigenvalue weighted by atomic mass is 10.2. The van der Waals surface area contributed by atoms with E-state index in [1.54, 1.807) is 11.3 Å². The van der Waals surface area contributed by atoms with E-state index in [-0.39, 0.29) is 0 Å². The van der Waals surface area contributed by atoms with Gasteiger partial charge >= 0.3 is 6.09 Å². The lowest BCUT2D eigenvalue weighted by Crippen LogP contribution is -2.27. The first-order valence-electron chi connectivity index (χ1n) is 5.41. The fourth-order valence-electron chi connectivity index (χ4n) is 1.45. The molecule has 1 amide bonds. The normalized spacial score (nSPS) is 11.5. The molecular weight excluding hydrogens is 234 g/mol. The lowest BCUT2D eigenvalue weighted by Gasteiger charge is -2.19. The van der Waals surface area contributed by atoms with Crippen LogP contribution in [0.25, 0.3) is 10.1 Å². The number of nitrogens with one attached hydrogen (secondary N) is 1. The Hall–Kier alpha value is -1.55. The first-order chi connectivity index (χ1) is 7.94. The average molecular weight is 249 g/mol. The summed E-state index contributed by atoms with van der Waals surface area (Å²) < 4.78 is 6.34. The smallest absolute Gasteiger partial charge is 0.412 e. The standard InChI is InChI=1S/C13H15NO2S/c1-13(2,3)16-12(15)14-10-5-4-9-6-7-17-11(9)8-10/h4-8H,1-3H3,(H,14,15). The molecular formula is C13H15NO2S. The average Bonchev–Trinajstić information content (AvgIpc) is 2.61. The van der Waals surface area contributed by atoms with E-state index >= 15 is 0 Å². The number of hydrogen-bond donors (Lipinski definition) is 1. The number of thiophene rings is 1. The third-order valence-corrected chi connectivity index (χ3v) is 2.98. The van der Waals surface area contributed by atoms with Gasteiger partial charge in [-0.25, -0.2) is 4.79 Å². The summed E-state index contributed by atoms with van der Waals surface area (Å²) in [5.41, 5.74) is 0.283. The number of hydrogen-bond acceptors (Lipinski definition) is 3. The minimum absolute atomic E-state index is 0.423. The molecule has 2 aromatic rings. The Morgan fingerprint density at radius 2 is 2.06 bits per heavy atom. The molecule has 0 spiro atoms. The second-order valence-corrected chi connectivity index (χ2v) is 5.75. The van der Waals surface area contributed by atoms with E-state index in [2.05, 4.69) is 11.4 Å². The summed E-state index contributed by atoms with van der Waals surface area (Å²) in [5.74, 6) is 0. The van der Waals surface area contributed by atoms with Crippen molar-refractivity contribution in [1.82, 2.24) is 0 Å². The van der Waals surface area contributed by atoms with E-state index < -0.39 is 11.7 Å². The van der Waals surface area contributed by atoms with Crippen molar-refractivity contribution in [3.05, 3.63) is 29.6 Å². The van der Waals surface area contributed by atoms with E-state index in [0.29, 0.717) is 0 Å². The molecule has 1 aromatic carbocycles. The van der Waals surface area contributed by atoms with Crippen LogP contribution in [0.15, 0.2) is 29.6 Å². The van der Waals surface area contributed by atoms with Gasteiger partial charge in [-0.05, 0) is 49.7 Å². The molecule has 0 aliphatic carbocycles. The summed E-state index contributed by atoms with van der Waals surface area (Å²) in [7, 11) is 0. The highest BCUT2D eigenvalue weighted by Gasteiger charge is 2.16. The van der Waals surface area contributed by atoms with Crippen LogP contribution in [0.3, 0.4) is 0 Å². The molecule has 0 aliphatic heterocycles. The maximum absolute atomic E-state index is 11.6. The molecule has 3 nitrogen and oxygen atoms in total. The van der Waals surface area contributed by atoms with Gasteiger partial charge in [0.25, 0.3) is 0 Å². The minimum Gasteiger partial charge on any atom is -0.444 e. The number of anilines is 1. The SMILES string of the molecule is CC(C)(C)OC(=O)Nc1ccc2ccsc2c1. The van der Waals surface area contributed by atoms with Crippen LogP contribution >= 0.6 is 11.3 Å². The molecule has 0 unspecified atom stereocenters. The van der Waals surface area contributed by atoms with Crippen LogP contribution in [0.4, 0.5) is 10.5 Å². The van der Waals surface area contributed by atoms with E-state index in [9.17, 15) is 4.79 Å². The van der Waals surface area contributed by atoms with Crippen LogP contribution in [0, 0.1) is 0 Å². The number of carbonyl (C=O) groups is 1. The lowest BCUT2D eigenvalue weighted by molar-refractivity contribution is 0.0636. The summed E-state index contributed by atoms with van der Waals surface area (Å²) in [6.45, 7) is 5.53. The van der Waals surface area contributed by atoms with Gasteiger partial charge in [-0.3, -0.25) is 5.32 Å². The third kappa shape index (κ3) is 3.20.